The number of nitrogens with zero attached hydrogens (tertiary/aromatic N) is 2. The Morgan fingerprint density at radius 3 is 2.67 bits per heavy atom. The molecule has 0 aromatic rings. The van der Waals surface area contributed by atoms with Gasteiger partial charge >= 0.3 is 0 Å². The van der Waals surface area contributed by atoms with Crippen LogP contribution in [0.1, 0.15) is 52.4 Å². The molecule has 0 aliphatic carbocycles. The summed E-state index contributed by atoms with van der Waals surface area (Å²) in [4.78, 5) is 29.2. The quantitative estimate of drug-likeness (QED) is 0.574. The van der Waals surface area contributed by atoms with Crippen molar-refractivity contribution in [3.05, 3.63) is 0 Å². The first-order chi connectivity index (χ1) is 10.1. The Hall–Kier alpha value is -1.50. The molecule has 2 amide bonds. The van der Waals surface area contributed by atoms with Gasteiger partial charge in [-0.1, -0.05) is 13.8 Å². The highest BCUT2D eigenvalue weighted by Gasteiger charge is 2.47. The van der Waals surface area contributed by atoms with Crippen LogP contribution >= 0.6 is 0 Å². The van der Waals surface area contributed by atoms with Gasteiger partial charge in [-0.25, -0.2) is 0 Å². The maximum atomic E-state index is 12.8. The molecule has 4 heteroatoms. The standard InChI is InChI=1S/C17H26N2O2/c1-4-5-6-8-12-19-15(13(2)3)17(21)18-11-9-7-10-14(18)16(19)20/h1,13-15H,5-12H2,2-3H3. The Morgan fingerprint density at radius 2 is 2.00 bits per heavy atom. The van der Waals surface area contributed by atoms with Crippen LogP contribution in [0.2, 0.25) is 0 Å². The number of rotatable bonds is 5. The Balaban J connectivity index is 2.13. The summed E-state index contributed by atoms with van der Waals surface area (Å²) in [5.41, 5.74) is 0. The smallest absolute Gasteiger partial charge is 0.246 e. The molecule has 2 aliphatic heterocycles. The average Bonchev–Trinajstić information content (AvgIpc) is 2.48. The van der Waals surface area contributed by atoms with Crippen molar-refractivity contribution in [3.8, 4) is 12.3 Å². The summed E-state index contributed by atoms with van der Waals surface area (Å²) in [5.74, 6) is 3.07. The number of carbonyl (C=O) groups excluding carboxylic acids is 2. The molecular formula is C17H26N2O2. The number of unbranched alkanes of at least 4 members (excludes halogenated alkanes) is 2. The number of amides is 2. The fourth-order valence-electron chi connectivity index (χ4n) is 3.49. The fourth-order valence-corrected chi connectivity index (χ4v) is 3.49. The molecule has 2 unspecified atom stereocenters. The number of carbonyl (C=O) groups is 2. The van der Waals surface area contributed by atoms with Crippen LogP contribution in [0.25, 0.3) is 0 Å². The third kappa shape index (κ3) is 3.23. The Bertz CT molecular complexity index is 439. The Labute approximate surface area is 127 Å². The lowest BCUT2D eigenvalue weighted by molar-refractivity contribution is -0.165. The van der Waals surface area contributed by atoms with Gasteiger partial charge in [0.1, 0.15) is 12.1 Å². The first-order valence-corrected chi connectivity index (χ1v) is 8.12. The summed E-state index contributed by atoms with van der Waals surface area (Å²) in [5, 5.41) is 0. The van der Waals surface area contributed by atoms with Crippen LogP contribution in [-0.4, -0.2) is 46.8 Å². The maximum absolute atomic E-state index is 12.8. The van der Waals surface area contributed by atoms with E-state index in [-0.39, 0.29) is 29.8 Å². The van der Waals surface area contributed by atoms with E-state index >= 15 is 0 Å². The highest BCUT2D eigenvalue weighted by Crippen LogP contribution is 2.29. The van der Waals surface area contributed by atoms with E-state index in [1.54, 1.807) is 0 Å². The molecule has 0 aromatic carbocycles. The van der Waals surface area contributed by atoms with Crippen molar-refractivity contribution in [1.29, 1.82) is 0 Å². The van der Waals surface area contributed by atoms with Gasteiger partial charge in [0.15, 0.2) is 0 Å². The lowest BCUT2D eigenvalue weighted by Gasteiger charge is -2.48. The second kappa shape index (κ2) is 6.98. The van der Waals surface area contributed by atoms with E-state index < -0.39 is 0 Å². The minimum absolute atomic E-state index is 0.145. The van der Waals surface area contributed by atoms with Crippen molar-refractivity contribution in [2.24, 2.45) is 5.92 Å². The molecule has 2 fully saturated rings. The summed E-state index contributed by atoms with van der Waals surface area (Å²) in [6, 6.07) is -0.508. The summed E-state index contributed by atoms with van der Waals surface area (Å²) >= 11 is 0. The van der Waals surface area contributed by atoms with Crippen molar-refractivity contribution in [2.45, 2.75) is 64.5 Å². The van der Waals surface area contributed by atoms with E-state index in [9.17, 15) is 9.59 Å². The van der Waals surface area contributed by atoms with Gasteiger partial charge in [-0.3, -0.25) is 9.59 Å². The van der Waals surface area contributed by atoms with Gasteiger partial charge in [-0.15, -0.1) is 12.3 Å². The monoisotopic (exact) mass is 290 g/mol. The lowest BCUT2D eigenvalue weighted by Crippen LogP contribution is -2.67. The minimum Gasteiger partial charge on any atom is -0.329 e. The molecule has 2 heterocycles. The minimum atomic E-state index is -0.294. The first kappa shape index (κ1) is 15.9. The summed E-state index contributed by atoms with van der Waals surface area (Å²) < 4.78 is 0. The largest absolute Gasteiger partial charge is 0.329 e. The fraction of sp³-hybridized carbons (Fsp3) is 0.765. The summed E-state index contributed by atoms with van der Waals surface area (Å²) in [6.07, 6.45) is 10.7. The van der Waals surface area contributed by atoms with Crippen LogP contribution in [0.5, 0.6) is 0 Å². The van der Waals surface area contributed by atoms with E-state index in [4.69, 9.17) is 6.42 Å². The van der Waals surface area contributed by atoms with Crippen LogP contribution in [0, 0.1) is 18.3 Å². The van der Waals surface area contributed by atoms with Gasteiger partial charge in [0.2, 0.25) is 11.8 Å². The molecule has 0 bridgehead atoms. The average molecular weight is 290 g/mol. The number of fused-ring (bicyclic) bond motifs is 1. The van der Waals surface area contributed by atoms with E-state index in [1.807, 2.05) is 23.6 Å². The van der Waals surface area contributed by atoms with Crippen molar-refractivity contribution in [2.75, 3.05) is 13.1 Å². The predicted octanol–water partition coefficient (Wildman–Crippen LogP) is 2.04. The molecule has 2 aliphatic rings. The first-order valence-electron chi connectivity index (χ1n) is 8.12. The molecule has 2 atom stereocenters. The van der Waals surface area contributed by atoms with Crippen LogP contribution in [0.3, 0.4) is 0 Å². The predicted molar refractivity (Wildman–Crippen MR) is 82.4 cm³/mol. The molecule has 2 rings (SSSR count). The van der Waals surface area contributed by atoms with Gasteiger partial charge in [-0.2, -0.15) is 0 Å². The van der Waals surface area contributed by atoms with Crippen molar-refractivity contribution in [1.82, 2.24) is 9.80 Å². The topological polar surface area (TPSA) is 40.6 Å². The molecule has 2 saturated heterocycles. The number of terminal acetylenes is 1. The van der Waals surface area contributed by atoms with Crippen molar-refractivity contribution in [3.63, 3.8) is 0 Å². The van der Waals surface area contributed by atoms with E-state index in [2.05, 4.69) is 5.92 Å². The SMILES string of the molecule is C#CCCCCN1C(=O)C2CCCCN2C(=O)C1C(C)C. The highest BCUT2D eigenvalue weighted by atomic mass is 16.2. The normalized spacial score (nSPS) is 26.0. The van der Waals surface area contributed by atoms with E-state index in [1.165, 1.54) is 0 Å². The van der Waals surface area contributed by atoms with Gasteiger partial charge in [0.05, 0.1) is 0 Å². The highest BCUT2D eigenvalue weighted by molar-refractivity contribution is 5.97. The number of piperidine rings is 1. The van der Waals surface area contributed by atoms with Gasteiger partial charge in [0, 0.05) is 19.5 Å². The van der Waals surface area contributed by atoms with Crippen molar-refractivity contribution >= 4 is 11.8 Å². The van der Waals surface area contributed by atoms with Crippen LogP contribution in [0.15, 0.2) is 0 Å². The molecular weight excluding hydrogens is 264 g/mol. The van der Waals surface area contributed by atoms with E-state index in [0.717, 1.165) is 45.1 Å². The van der Waals surface area contributed by atoms with Gasteiger partial charge in [0.25, 0.3) is 0 Å². The number of hydrogen-bond donors (Lipinski definition) is 0. The third-order valence-corrected chi connectivity index (χ3v) is 4.54. The zero-order valence-electron chi connectivity index (χ0n) is 13.2. The van der Waals surface area contributed by atoms with Crippen LogP contribution in [-0.2, 0) is 9.59 Å². The lowest BCUT2D eigenvalue weighted by atomic mass is 9.90. The molecule has 0 saturated carbocycles. The number of hydrogen-bond acceptors (Lipinski definition) is 2. The molecule has 116 valence electrons. The Morgan fingerprint density at radius 1 is 1.24 bits per heavy atom. The third-order valence-electron chi connectivity index (χ3n) is 4.54. The van der Waals surface area contributed by atoms with E-state index in [0.29, 0.717) is 6.54 Å². The molecule has 0 aromatic heterocycles. The zero-order chi connectivity index (χ0) is 15.4. The summed E-state index contributed by atoms with van der Waals surface area (Å²) in [7, 11) is 0. The zero-order valence-corrected chi connectivity index (χ0v) is 13.2. The molecule has 0 N–H and O–H groups in total. The van der Waals surface area contributed by atoms with Crippen LogP contribution in [0.4, 0.5) is 0 Å². The second-order valence-electron chi connectivity index (χ2n) is 6.42. The molecule has 4 nitrogen and oxygen atoms in total. The Kier molecular flexibility index (Phi) is 5.27. The number of piperazine rings is 1. The summed E-state index contributed by atoms with van der Waals surface area (Å²) in [6.45, 7) is 5.44. The molecule has 0 spiro atoms. The van der Waals surface area contributed by atoms with Crippen molar-refractivity contribution < 1.29 is 9.59 Å². The van der Waals surface area contributed by atoms with Crippen LogP contribution < -0.4 is 0 Å². The molecule has 21 heavy (non-hydrogen) atoms. The maximum Gasteiger partial charge on any atom is 0.246 e. The van der Waals surface area contributed by atoms with Gasteiger partial charge < -0.3 is 9.80 Å². The second-order valence-corrected chi connectivity index (χ2v) is 6.42. The molecule has 0 radical (unpaired) electrons. The van der Waals surface area contributed by atoms with Gasteiger partial charge in [-0.05, 0) is 38.0 Å².